The molecule has 0 atom stereocenters. The van der Waals surface area contributed by atoms with E-state index in [4.69, 9.17) is 0 Å². The molecule has 0 unspecified atom stereocenters. The van der Waals surface area contributed by atoms with E-state index in [-0.39, 0.29) is 25.5 Å². The third-order valence-electron chi connectivity index (χ3n) is 2.06. The molecule has 6 heteroatoms. The Labute approximate surface area is 95.3 Å². The van der Waals surface area contributed by atoms with Gasteiger partial charge in [0.25, 0.3) is 0 Å². The Hall–Kier alpha value is -1.20. The molecule has 0 nitrogen and oxygen atoms in total. The van der Waals surface area contributed by atoms with Crippen LogP contribution in [0.15, 0.2) is 18.2 Å². The molecule has 1 aromatic carbocycles. The second-order valence-electron chi connectivity index (χ2n) is 3.27. The summed E-state index contributed by atoms with van der Waals surface area (Å²) in [5.74, 6) is 0. The predicted octanol–water partition coefficient (Wildman–Crippen LogP) is 4.92. The number of benzene rings is 1. The average molecular weight is 258 g/mol. The van der Waals surface area contributed by atoms with Gasteiger partial charge in [-0.05, 0) is 30.2 Å². The topological polar surface area (TPSA) is 0 Å². The first kappa shape index (κ1) is 15.8. The van der Waals surface area contributed by atoms with Gasteiger partial charge in [0.05, 0.1) is 11.1 Å². The van der Waals surface area contributed by atoms with Crippen LogP contribution in [0.5, 0.6) is 0 Å². The Kier molecular flexibility index (Phi) is 4.62. The van der Waals surface area contributed by atoms with Crippen molar-refractivity contribution in [2.24, 2.45) is 0 Å². The molecule has 0 aliphatic carbocycles. The van der Waals surface area contributed by atoms with E-state index < -0.39 is 23.5 Å². The molecule has 0 fully saturated rings. The number of hydrogen-bond acceptors (Lipinski definition) is 0. The van der Waals surface area contributed by atoms with E-state index >= 15 is 0 Å². The van der Waals surface area contributed by atoms with Gasteiger partial charge in [-0.15, -0.1) is 0 Å². The van der Waals surface area contributed by atoms with Crippen molar-refractivity contribution in [3.8, 4) is 0 Å². The van der Waals surface area contributed by atoms with E-state index in [1.54, 1.807) is 0 Å². The minimum Gasteiger partial charge on any atom is -0.166 e. The van der Waals surface area contributed by atoms with Crippen LogP contribution in [-0.4, -0.2) is 0 Å². The maximum Gasteiger partial charge on any atom is 0.416 e. The summed E-state index contributed by atoms with van der Waals surface area (Å²) in [4.78, 5) is 0. The summed E-state index contributed by atoms with van der Waals surface area (Å²) in [6, 6.07) is 1.59. The zero-order valence-electron chi connectivity index (χ0n) is 8.21. The molecule has 0 saturated heterocycles. The summed E-state index contributed by atoms with van der Waals surface area (Å²) >= 11 is 0. The van der Waals surface area contributed by atoms with Gasteiger partial charge in [0.15, 0.2) is 0 Å². The summed E-state index contributed by atoms with van der Waals surface area (Å²) in [6.07, 6.45) is -9.40. The Morgan fingerprint density at radius 1 is 0.824 bits per heavy atom. The molecule has 0 radical (unpaired) electrons. The van der Waals surface area contributed by atoms with Crippen LogP contribution < -0.4 is 0 Å². The molecule has 0 amide bonds. The van der Waals surface area contributed by atoms with Gasteiger partial charge in [-0.2, -0.15) is 26.3 Å². The third-order valence-corrected chi connectivity index (χ3v) is 2.06. The lowest BCUT2D eigenvalue weighted by Crippen LogP contribution is -2.11. The van der Waals surface area contributed by atoms with Gasteiger partial charge in [-0.25, -0.2) is 0 Å². The molecule has 0 aromatic heterocycles. The molecule has 0 saturated carbocycles. The molecule has 0 heterocycles. The van der Waals surface area contributed by atoms with Crippen molar-refractivity contribution in [2.75, 3.05) is 0 Å². The van der Waals surface area contributed by atoms with Crippen LogP contribution in [-0.2, 0) is 18.8 Å². The molecule has 17 heavy (non-hydrogen) atoms. The molecular weight excluding hydrogens is 246 g/mol. The smallest absolute Gasteiger partial charge is 0.166 e. The standard InChI is InChI=1S/C10H8F6.CH4/c1-2-6-3-7(9(11,12)13)5-8(4-6)10(14,15)16;/h3-5H,2H2,1H3;1H4. The predicted molar refractivity (Wildman–Crippen MR) is 52.6 cm³/mol. The number of alkyl halides is 6. The summed E-state index contributed by atoms with van der Waals surface area (Å²) in [5.41, 5.74) is -2.51. The van der Waals surface area contributed by atoms with Crippen LogP contribution in [0.3, 0.4) is 0 Å². The van der Waals surface area contributed by atoms with Crippen LogP contribution in [0.1, 0.15) is 31.0 Å². The van der Waals surface area contributed by atoms with Crippen molar-refractivity contribution >= 4 is 0 Å². The van der Waals surface area contributed by atoms with E-state index in [0.717, 1.165) is 12.1 Å². The number of rotatable bonds is 1. The maximum atomic E-state index is 12.3. The number of aryl methyl sites for hydroxylation is 1. The number of halogens is 6. The minimum atomic E-state index is -4.76. The van der Waals surface area contributed by atoms with Gasteiger partial charge < -0.3 is 0 Å². The largest absolute Gasteiger partial charge is 0.416 e. The fraction of sp³-hybridized carbons (Fsp3) is 0.455. The highest BCUT2D eigenvalue weighted by Crippen LogP contribution is 2.36. The van der Waals surface area contributed by atoms with Crippen molar-refractivity contribution in [3.05, 3.63) is 34.9 Å². The zero-order chi connectivity index (χ0) is 12.6. The molecule has 0 bridgehead atoms. The molecular formula is C11H12F6. The lowest BCUT2D eigenvalue weighted by molar-refractivity contribution is -0.143. The second kappa shape index (κ2) is 4.98. The Balaban J connectivity index is 0.00000256. The van der Waals surface area contributed by atoms with Crippen LogP contribution in [0.4, 0.5) is 26.3 Å². The molecule has 0 N–H and O–H groups in total. The SMILES string of the molecule is C.CCc1cc(C(F)(F)F)cc(C(F)(F)F)c1. The van der Waals surface area contributed by atoms with E-state index in [2.05, 4.69) is 0 Å². The van der Waals surface area contributed by atoms with Crippen molar-refractivity contribution in [3.63, 3.8) is 0 Å². The van der Waals surface area contributed by atoms with Crippen molar-refractivity contribution in [2.45, 2.75) is 33.1 Å². The zero-order valence-corrected chi connectivity index (χ0v) is 8.21. The van der Waals surface area contributed by atoms with Crippen LogP contribution in [0.25, 0.3) is 0 Å². The van der Waals surface area contributed by atoms with Gasteiger partial charge in [-0.1, -0.05) is 14.4 Å². The highest BCUT2D eigenvalue weighted by atomic mass is 19.4. The van der Waals surface area contributed by atoms with E-state index in [9.17, 15) is 26.3 Å². The van der Waals surface area contributed by atoms with Crippen LogP contribution >= 0.6 is 0 Å². The third kappa shape index (κ3) is 3.94. The quantitative estimate of drug-likeness (QED) is 0.627. The van der Waals surface area contributed by atoms with Crippen LogP contribution in [0.2, 0.25) is 0 Å². The first-order chi connectivity index (χ1) is 7.14. The van der Waals surface area contributed by atoms with E-state index in [1.165, 1.54) is 6.92 Å². The normalized spacial score (nSPS) is 12.2. The van der Waals surface area contributed by atoms with Crippen LogP contribution in [0, 0.1) is 0 Å². The second-order valence-corrected chi connectivity index (χ2v) is 3.27. The van der Waals surface area contributed by atoms with E-state index in [1.807, 2.05) is 0 Å². The number of hydrogen-bond donors (Lipinski definition) is 0. The lowest BCUT2D eigenvalue weighted by atomic mass is 10.0. The van der Waals surface area contributed by atoms with Gasteiger partial charge >= 0.3 is 12.4 Å². The molecule has 0 spiro atoms. The van der Waals surface area contributed by atoms with Crippen molar-refractivity contribution in [1.29, 1.82) is 0 Å². The molecule has 1 aromatic rings. The Morgan fingerprint density at radius 2 is 1.18 bits per heavy atom. The monoisotopic (exact) mass is 258 g/mol. The maximum absolute atomic E-state index is 12.3. The molecule has 0 aliphatic rings. The first-order valence-corrected chi connectivity index (χ1v) is 4.43. The highest BCUT2D eigenvalue weighted by molar-refractivity contribution is 5.33. The van der Waals surface area contributed by atoms with Gasteiger partial charge in [0.2, 0.25) is 0 Å². The van der Waals surface area contributed by atoms with Gasteiger partial charge in [0, 0.05) is 0 Å². The molecule has 1 rings (SSSR count). The first-order valence-electron chi connectivity index (χ1n) is 4.43. The van der Waals surface area contributed by atoms with Crippen molar-refractivity contribution < 1.29 is 26.3 Å². The highest BCUT2D eigenvalue weighted by Gasteiger charge is 2.36. The Morgan fingerprint density at radius 3 is 1.41 bits per heavy atom. The average Bonchev–Trinajstić information content (AvgIpc) is 2.14. The Bertz CT molecular complexity index is 342. The lowest BCUT2D eigenvalue weighted by Gasteiger charge is -2.13. The van der Waals surface area contributed by atoms with E-state index in [0.29, 0.717) is 0 Å². The summed E-state index contributed by atoms with van der Waals surface area (Å²) in [6.45, 7) is 1.50. The summed E-state index contributed by atoms with van der Waals surface area (Å²) < 4.78 is 73.8. The fourth-order valence-corrected chi connectivity index (χ4v) is 1.22. The fourth-order valence-electron chi connectivity index (χ4n) is 1.22. The van der Waals surface area contributed by atoms with Gasteiger partial charge in [0.1, 0.15) is 0 Å². The summed E-state index contributed by atoms with van der Waals surface area (Å²) in [7, 11) is 0. The van der Waals surface area contributed by atoms with Crippen molar-refractivity contribution in [1.82, 2.24) is 0 Å². The van der Waals surface area contributed by atoms with Gasteiger partial charge in [-0.3, -0.25) is 0 Å². The minimum absolute atomic E-state index is 0. The molecule has 98 valence electrons. The molecule has 0 aliphatic heterocycles. The summed E-state index contributed by atoms with van der Waals surface area (Å²) in [5, 5.41) is 0.